The SMILES string of the molecule is CC(C)OCC(O)CN1CCC(C(=O)N(C)C(C)C)CC1. The Hall–Kier alpha value is -0.650. The molecule has 1 amide bonds. The fourth-order valence-corrected chi connectivity index (χ4v) is 2.56. The average molecular weight is 300 g/mol. The number of hydrogen-bond donors (Lipinski definition) is 1. The summed E-state index contributed by atoms with van der Waals surface area (Å²) in [5, 5.41) is 9.94. The molecule has 0 bridgehead atoms. The maximum Gasteiger partial charge on any atom is 0.225 e. The van der Waals surface area contributed by atoms with Crippen LogP contribution in [0.4, 0.5) is 0 Å². The molecule has 0 aliphatic carbocycles. The minimum Gasteiger partial charge on any atom is -0.389 e. The second-order valence-corrected chi connectivity index (χ2v) is 6.65. The monoisotopic (exact) mass is 300 g/mol. The summed E-state index contributed by atoms with van der Waals surface area (Å²) in [4.78, 5) is 16.4. The van der Waals surface area contributed by atoms with Crippen molar-refractivity contribution in [3.63, 3.8) is 0 Å². The minimum atomic E-state index is -0.446. The Morgan fingerprint density at radius 1 is 1.29 bits per heavy atom. The zero-order valence-corrected chi connectivity index (χ0v) is 14.2. The molecule has 1 aliphatic rings. The van der Waals surface area contributed by atoms with Crippen molar-refractivity contribution in [3.05, 3.63) is 0 Å². The number of amides is 1. The number of carbonyl (C=O) groups excluding carboxylic acids is 1. The standard InChI is InChI=1S/C16H32N2O3/c1-12(2)17(5)16(20)14-6-8-18(9-7-14)10-15(19)11-21-13(3)4/h12-15,19H,6-11H2,1-5H3. The van der Waals surface area contributed by atoms with E-state index in [0.717, 1.165) is 25.9 Å². The molecule has 21 heavy (non-hydrogen) atoms. The van der Waals surface area contributed by atoms with E-state index in [2.05, 4.69) is 4.90 Å². The molecule has 124 valence electrons. The van der Waals surface area contributed by atoms with Gasteiger partial charge in [-0.2, -0.15) is 0 Å². The number of likely N-dealkylation sites (tertiary alicyclic amines) is 1. The summed E-state index contributed by atoms with van der Waals surface area (Å²) in [5.41, 5.74) is 0. The van der Waals surface area contributed by atoms with Gasteiger partial charge in [-0.3, -0.25) is 4.79 Å². The molecule has 0 aromatic carbocycles. The third-order valence-corrected chi connectivity index (χ3v) is 4.15. The lowest BCUT2D eigenvalue weighted by Gasteiger charge is -2.35. The summed E-state index contributed by atoms with van der Waals surface area (Å²) in [6, 6.07) is 0.255. The number of carbonyl (C=O) groups is 1. The van der Waals surface area contributed by atoms with Gasteiger partial charge in [0.1, 0.15) is 0 Å². The van der Waals surface area contributed by atoms with Crippen molar-refractivity contribution >= 4 is 5.91 Å². The first kappa shape index (κ1) is 18.4. The Balaban J connectivity index is 2.30. The molecule has 1 aliphatic heterocycles. The molecule has 5 heteroatoms. The summed E-state index contributed by atoms with van der Waals surface area (Å²) >= 11 is 0. The van der Waals surface area contributed by atoms with Crippen LogP contribution < -0.4 is 0 Å². The van der Waals surface area contributed by atoms with Crippen LogP contribution in [0.15, 0.2) is 0 Å². The van der Waals surface area contributed by atoms with Gasteiger partial charge in [-0.25, -0.2) is 0 Å². The van der Waals surface area contributed by atoms with Gasteiger partial charge in [0, 0.05) is 25.6 Å². The lowest BCUT2D eigenvalue weighted by molar-refractivity contribution is -0.137. The van der Waals surface area contributed by atoms with Crippen molar-refractivity contribution in [1.29, 1.82) is 0 Å². The molecule has 1 atom stereocenters. The van der Waals surface area contributed by atoms with Gasteiger partial charge in [-0.05, 0) is 53.6 Å². The highest BCUT2D eigenvalue weighted by atomic mass is 16.5. The molecule has 0 radical (unpaired) electrons. The first-order chi connectivity index (χ1) is 9.81. The van der Waals surface area contributed by atoms with Gasteiger partial charge in [0.05, 0.1) is 18.8 Å². The molecule has 1 saturated heterocycles. The molecule has 1 rings (SSSR count). The summed E-state index contributed by atoms with van der Waals surface area (Å²) < 4.78 is 5.42. The van der Waals surface area contributed by atoms with Crippen LogP contribution in [0, 0.1) is 5.92 Å². The predicted molar refractivity (Wildman–Crippen MR) is 84.2 cm³/mol. The lowest BCUT2D eigenvalue weighted by atomic mass is 9.95. The van der Waals surface area contributed by atoms with Crippen LogP contribution >= 0.6 is 0 Å². The van der Waals surface area contributed by atoms with Crippen molar-refractivity contribution < 1.29 is 14.6 Å². The van der Waals surface area contributed by atoms with E-state index in [0.29, 0.717) is 13.2 Å². The van der Waals surface area contributed by atoms with Crippen molar-refractivity contribution in [2.24, 2.45) is 5.92 Å². The van der Waals surface area contributed by atoms with Crippen LogP contribution in [0.25, 0.3) is 0 Å². The van der Waals surface area contributed by atoms with Gasteiger partial charge in [0.2, 0.25) is 5.91 Å². The minimum absolute atomic E-state index is 0.137. The fraction of sp³-hybridized carbons (Fsp3) is 0.938. The smallest absolute Gasteiger partial charge is 0.225 e. The predicted octanol–water partition coefficient (Wildman–Crippen LogP) is 1.35. The largest absolute Gasteiger partial charge is 0.389 e. The van der Waals surface area contributed by atoms with Crippen LogP contribution in [0.1, 0.15) is 40.5 Å². The number of aliphatic hydroxyl groups excluding tert-OH is 1. The topological polar surface area (TPSA) is 53.0 Å². The molecule has 0 aromatic rings. The molecule has 0 spiro atoms. The van der Waals surface area contributed by atoms with Crippen molar-refractivity contribution in [1.82, 2.24) is 9.80 Å². The van der Waals surface area contributed by atoms with E-state index in [4.69, 9.17) is 4.74 Å². The van der Waals surface area contributed by atoms with Crippen molar-refractivity contribution in [2.45, 2.75) is 58.8 Å². The van der Waals surface area contributed by atoms with E-state index < -0.39 is 6.10 Å². The highest BCUT2D eigenvalue weighted by Crippen LogP contribution is 2.20. The van der Waals surface area contributed by atoms with E-state index >= 15 is 0 Å². The summed E-state index contributed by atoms with van der Waals surface area (Å²) in [5.74, 6) is 0.394. The zero-order chi connectivity index (χ0) is 16.0. The van der Waals surface area contributed by atoms with Gasteiger partial charge in [0.15, 0.2) is 0 Å². The number of ether oxygens (including phenoxy) is 1. The summed E-state index contributed by atoms with van der Waals surface area (Å²) in [7, 11) is 1.88. The molecule has 0 saturated carbocycles. The first-order valence-corrected chi connectivity index (χ1v) is 8.10. The Labute approximate surface area is 129 Å². The first-order valence-electron chi connectivity index (χ1n) is 8.10. The van der Waals surface area contributed by atoms with E-state index in [9.17, 15) is 9.90 Å². The number of aliphatic hydroxyl groups is 1. The summed E-state index contributed by atoms with van der Waals surface area (Å²) in [6.07, 6.45) is 1.47. The van der Waals surface area contributed by atoms with E-state index in [1.165, 1.54) is 0 Å². The van der Waals surface area contributed by atoms with Crippen LogP contribution in [0.2, 0.25) is 0 Å². The van der Waals surface area contributed by atoms with Gasteiger partial charge >= 0.3 is 0 Å². The van der Waals surface area contributed by atoms with Gasteiger partial charge in [-0.1, -0.05) is 0 Å². The van der Waals surface area contributed by atoms with Gasteiger partial charge in [0.25, 0.3) is 0 Å². The summed E-state index contributed by atoms with van der Waals surface area (Å²) in [6.45, 7) is 10.8. The van der Waals surface area contributed by atoms with Crippen LogP contribution in [-0.4, -0.2) is 72.4 Å². The van der Waals surface area contributed by atoms with Crippen molar-refractivity contribution in [3.8, 4) is 0 Å². The molecule has 1 N–H and O–H groups in total. The molecule has 1 unspecified atom stereocenters. The molecule has 0 aromatic heterocycles. The Bertz CT molecular complexity index is 313. The number of β-amino-alcohol motifs (C(OH)–C–C–N with tert-alkyl or cyclic N) is 1. The van der Waals surface area contributed by atoms with Crippen molar-refractivity contribution in [2.75, 3.05) is 33.3 Å². The van der Waals surface area contributed by atoms with Crippen LogP contribution in [-0.2, 0) is 9.53 Å². The maximum atomic E-state index is 12.3. The number of hydrogen-bond acceptors (Lipinski definition) is 4. The number of rotatable bonds is 7. The fourth-order valence-electron chi connectivity index (χ4n) is 2.56. The van der Waals surface area contributed by atoms with Crippen LogP contribution in [0.3, 0.4) is 0 Å². The second-order valence-electron chi connectivity index (χ2n) is 6.65. The average Bonchev–Trinajstić information content (AvgIpc) is 2.44. The maximum absolute atomic E-state index is 12.3. The normalized spacial score (nSPS) is 19.2. The van der Waals surface area contributed by atoms with E-state index in [-0.39, 0.29) is 24.0 Å². The number of nitrogens with zero attached hydrogens (tertiary/aromatic N) is 2. The molecule has 1 heterocycles. The highest BCUT2D eigenvalue weighted by Gasteiger charge is 2.28. The Morgan fingerprint density at radius 3 is 2.33 bits per heavy atom. The Morgan fingerprint density at radius 2 is 1.86 bits per heavy atom. The highest BCUT2D eigenvalue weighted by molar-refractivity contribution is 5.78. The zero-order valence-electron chi connectivity index (χ0n) is 14.2. The Kier molecular flexibility index (Phi) is 7.63. The molecule has 1 fully saturated rings. The molecule has 5 nitrogen and oxygen atoms in total. The van der Waals surface area contributed by atoms with E-state index in [1.807, 2.05) is 39.6 Å². The number of piperidine rings is 1. The molecular formula is C16H32N2O3. The molecular weight excluding hydrogens is 268 g/mol. The van der Waals surface area contributed by atoms with E-state index in [1.54, 1.807) is 0 Å². The second kappa shape index (κ2) is 8.71. The third kappa shape index (κ3) is 6.32. The van der Waals surface area contributed by atoms with Gasteiger partial charge < -0.3 is 19.6 Å². The lowest BCUT2D eigenvalue weighted by Crippen LogP contribution is -2.45. The third-order valence-electron chi connectivity index (χ3n) is 4.15. The van der Waals surface area contributed by atoms with Gasteiger partial charge in [-0.15, -0.1) is 0 Å². The quantitative estimate of drug-likeness (QED) is 0.771. The van der Waals surface area contributed by atoms with Crippen LogP contribution in [0.5, 0.6) is 0 Å².